The van der Waals surface area contributed by atoms with Crippen molar-refractivity contribution in [3.63, 3.8) is 0 Å². The molecule has 0 heterocycles. The van der Waals surface area contributed by atoms with E-state index in [-0.39, 0.29) is 34.3 Å². The van der Waals surface area contributed by atoms with Crippen molar-refractivity contribution < 1.29 is 19.2 Å². The number of hydrogen-bond donors (Lipinski definition) is 1. The van der Waals surface area contributed by atoms with Gasteiger partial charge in [-0.1, -0.05) is 11.6 Å². The zero-order valence-corrected chi connectivity index (χ0v) is 15.5. The van der Waals surface area contributed by atoms with E-state index >= 15 is 0 Å². The molecule has 1 aromatic rings. The second-order valence-corrected chi connectivity index (χ2v) is 8.65. The van der Waals surface area contributed by atoms with Crippen LogP contribution in [0.5, 0.6) is 0 Å². The number of benzene rings is 1. The molecule has 4 bridgehead atoms. The topological polar surface area (TPSA) is 98.5 Å². The maximum atomic E-state index is 12.4. The second-order valence-electron chi connectivity index (χ2n) is 8.24. The van der Waals surface area contributed by atoms with E-state index < -0.39 is 10.9 Å². The molecule has 1 aromatic carbocycles. The van der Waals surface area contributed by atoms with Gasteiger partial charge in [-0.15, -0.1) is 0 Å². The van der Waals surface area contributed by atoms with E-state index in [1.165, 1.54) is 31.4 Å². The monoisotopic (exact) mass is 392 g/mol. The van der Waals surface area contributed by atoms with Gasteiger partial charge in [-0.3, -0.25) is 14.9 Å². The molecule has 1 amide bonds. The highest BCUT2D eigenvalue weighted by atomic mass is 35.5. The lowest BCUT2D eigenvalue weighted by Crippen LogP contribution is -2.60. The van der Waals surface area contributed by atoms with E-state index in [9.17, 15) is 19.7 Å². The summed E-state index contributed by atoms with van der Waals surface area (Å²) < 4.78 is 5.08. The normalized spacial score (nSPS) is 30.8. The lowest BCUT2D eigenvalue weighted by atomic mass is 9.53. The van der Waals surface area contributed by atoms with Crippen molar-refractivity contribution in [3.05, 3.63) is 38.9 Å². The van der Waals surface area contributed by atoms with E-state index in [2.05, 4.69) is 5.32 Å². The Balaban J connectivity index is 1.34. The molecule has 8 heteroatoms. The highest BCUT2D eigenvalue weighted by molar-refractivity contribution is 6.33. The van der Waals surface area contributed by atoms with Gasteiger partial charge in [-0.25, -0.2) is 4.79 Å². The fourth-order valence-electron chi connectivity index (χ4n) is 5.59. The molecule has 0 saturated heterocycles. The van der Waals surface area contributed by atoms with Gasteiger partial charge in [0.1, 0.15) is 0 Å². The minimum atomic E-state index is -0.768. The Morgan fingerprint density at radius 3 is 2.30 bits per heavy atom. The number of carbonyl (C=O) groups excluding carboxylic acids is 2. The number of nitrogens with one attached hydrogen (secondary N) is 1. The zero-order chi connectivity index (χ0) is 19.2. The van der Waals surface area contributed by atoms with Gasteiger partial charge in [-0.05, 0) is 62.3 Å². The van der Waals surface area contributed by atoms with E-state index in [0.717, 1.165) is 25.3 Å². The van der Waals surface area contributed by atoms with Gasteiger partial charge in [0.05, 0.1) is 15.5 Å². The van der Waals surface area contributed by atoms with Crippen molar-refractivity contribution in [3.8, 4) is 0 Å². The third-order valence-corrected chi connectivity index (χ3v) is 6.47. The molecule has 5 rings (SSSR count). The minimum absolute atomic E-state index is 0.00451. The molecular weight excluding hydrogens is 372 g/mol. The number of nitro benzene ring substituents is 1. The number of esters is 1. The Hall–Kier alpha value is -2.15. The molecule has 0 radical (unpaired) electrons. The number of halogens is 1. The van der Waals surface area contributed by atoms with E-state index in [4.69, 9.17) is 16.3 Å². The van der Waals surface area contributed by atoms with Gasteiger partial charge in [0.15, 0.2) is 6.61 Å². The number of nitrogens with zero attached hydrogens (tertiary/aromatic N) is 1. The van der Waals surface area contributed by atoms with Gasteiger partial charge in [0.25, 0.3) is 11.6 Å². The van der Waals surface area contributed by atoms with Crippen molar-refractivity contribution in [1.82, 2.24) is 5.32 Å². The molecule has 0 aliphatic heterocycles. The Labute approximate surface area is 161 Å². The lowest BCUT2D eigenvalue weighted by Gasteiger charge is -2.56. The standard InChI is InChI=1S/C19H21ClN2O5/c20-16-6-14(22(25)26)1-2-15(16)18(24)27-10-17(23)21-19-7-11-3-12(8-19)5-13(4-11)9-19/h1-2,6,11-13H,3-5,7-10H2,(H,21,23). The summed E-state index contributed by atoms with van der Waals surface area (Å²) in [7, 11) is 0. The summed E-state index contributed by atoms with van der Waals surface area (Å²) in [6, 6.07) is 3.51. The van der Waals surface area contributed by atoms with Crippen LogP contribution in [0.15, 0.2) is 18.2 Å². The Morgan fingerprint density at radius 1 is 1.19 bits per heavy atom. The van der Waals surface area contributed by atoms with Crippen LogP contribution in [0.2, 0.25) is 5.02 Å². The number of ether oxygens (including phenoxy) is 1. The van der Waals surface area contributed by atoms with Crippen LogP contribution in [0.3, 0.4) is 0 Å². The molecule has 27 heavy (non-hydrogen) atoms. The van der Waals surface area contributed by atoms with Gasteiger partial charge in [-0.2, -0.15) is 0 Å². The van der Waals surface area contributed by atoms with Crippen LogP contribution >= 0.6 is 11.6 Å². The fourth-order valence-corrected chi connectivity index (χ4v) is 5.84. The minimum Gasteiger partial charge on any atom is -0.452 e. The highest BCUT2D eigenvalue weighted by Crippen LogP contribution is 2.55. The Bertz CT molecular complexity index is 774. The largest absolute Gasteiger partial charge is 0.452 e. The number of rotatable bonds is 5. The maximum absolute atomic E-state index is 12.4. The number of nitro groups is 1. The van der Waals surface area contributed by atoms with Crippen LogP contribution in [0.1, 0.15) is 48.9 Å². The maximum Gasteiger partial charge on any atom is 0.340 e. The van der Waals surface area contributed by atoms with Gasteiger partial charge < -0.3 is 10.1 Å². The first-order valence-corrected chi connectivity index (χ1v) is 9.63. The number of carbonyl (C=O) groups is 2. The predicted octanol–water partition coefficient (Wildman–Crippen LogP) is 3.49. The van der Waals surface area contributed by atoms with Gasteiger partial charge in [0, 0.05) is 17.7 Å². The Kier molecular flexibility index (Phi) is 4.58. The Morgan fingerprint density at radius 2 is 1.78 bits per heavy atom. The summed E-state index contributed by atoms with van der Waals surface area (Å²) in [4.78, 5) is 34.7. The van der Waals surface area contributed by atoms with Gasteiger partial charge in [0.2, 0.25) is 0 Å². The lowest BCUT2D eigenvalue weighted by molar-refractivity contribution is -0.384. The van der Waals surface area contributed by atoms with Crippen LogP contribution in [0.25, 0.3) is 0 Å². The van der Waals surface area contributed by atoms with Crippen LogP contribution in [-0.4, -0.2) is 28.9 Å². The molecule has 0 aromatic heterocycles. The average molecular weight is 393 g/mol. The van der Waals surface area contributed by atoms with Crippen LogP contribution in [0.4, 0.5) is 5.69 Å². The molecule has 7 nitrogen and oxygen atoms in total. The number of amides is 1. The van der Waals surface area contributed by atoms with E-state index in [1.807, 2.05) is 0 Å². The molecule has 0 unspecified atom stereocenters. The molecule has 4 fully saturated rings. The SMILES string of the molecule is O=C(COC(=O)c1ccc([N+](=O)[O-])cc1Cl)NC12CC3CC(CC(C3)C1)C2. The van der Waals surface area contributed by atoms with Gasteiger partial charge >= 0.3 is 5.97 Å². The molecular formula is C19H21ClN2O5. The van der Waals surface area contributed by atoms with Crippen LogP contribution in [-0.2, 0) is 9.53 Å². The quantitative estimate of drug-likeness (QED) is 0.469. The van der Waals surface area contributed by atoms with Crippen molar-refractivity contribution >= 4 is 29.2 Å². The van der Waals surface area contributed by atoms with Crippen molar-refractivity contribution in [2.75, 3.05) is 6.61 Å². The van der Waals surface area contributed by atoms with E-state index in [0.29, 0.717) is 17.8 Å². The summed E-state index contributed by atoms with van der Waals surface area (Å²) in [5, 5.41) is 13.8. The second kappa shape index (κ2) is 6.78. The average Bonchev–Trinajstić information content (AvgIpc) is 2.57. The first-order chi connectivity index (χ1) is 12.8. The summed E-state index contributed by atoms with van der Waals surface area (Å²) >= 11 is 5.92. The molecule has 0 atom stereocenters. The van der Waals surface area contributed by atoms with Crippen LogP contribution < -0.4 is 5.32 Å². The summed E-state index contributed by atoms with van der Waals surface area (Å²) in [6.07, 6.45) is 6.90. The molecule has 0 spiro atoms. The van der Waals surface area contributed by atoms with Crippen molar-refractivity contribution in [2.24, 2.45) is 17.8 Å². The first kappa shape index (κ1) is 18.2. The molecule has 1 N–H and O–H groups in total. The smallest absolute Gasteiger partial charge is 0.340 e. The molecule has 4 aliphatic carbocycles. The first-order valence-electron chi connectivity index (χ1n) is 9.26. The number of hydrogen-bond acceptors (Lipinski definition) is 5. The van der Waals surface area contributed by atoms with Crippen molar-refractivity contribution in [1.29, 1.82) is 0 Å². The molecule has 4 aliphatic rings. The summed E-state index contributed by atoms with van der Waals surface area (Å²) in [5.41, 5.74) is -0.343. The fraction of sp³-hybridized carbons (Fsp3) is 0.579. The zero-order valence-electron chi connectivity index (χ0n) is 14.8. The van der Waals surface area contributed by atoms with E-state index in [1.54, 1.807) is 0 Å². The van der Waals surface area contributed by atoms with Crippen molar-refractivity contribution in [2.45, 2.75) is 44.1 Å². The highest BCUT2D eigenvalue weighted by Gasteiger charge is 2.51. The summed E-state index contributed by atoms with van der Waals surface area (Å²) in [5.74, 6) is 1.05. The summed E-state index contributed by atoms with van der Waals surface area (Å²) in [6.45, 7) is -0.381. The third kappa shape index (κ3) is 3.65. The van der Waals surface area contributed by atoms with Crippen LogP contribution in [0, 0.1) is 27.9 Å². The number of non-ortho nitro benzene ring substituents is 1. The predicted molar refractivity (Wildman–Crippen MR) is 97.4 cm³/mol. The third-order valence-electron chi connectivity index (χ3n) is 6.16. The molecule has 144 valence electrons. The molecule has 4 saturated carbocycles.